The summed E-state index contributed by atoms with van der Waals surface area (Å²) in [5.74, 6) is -1.71. The quantitative estimate of drug-likeness (QED) is 0.394. The highest BCUT2D eigenvalue weighted by molar-refractivity contribution is 6.05. The van der Waals surface area contributed by atoms with Gasteiger partial charge in [-0.1, -0.05) is 6.07 Å². The predicted octanol–water partition coefficient (Wildman–Crippen LogP) is 4.24. The molecule has 3 aromatic heterocycles. The fourth-order valence-corrected chi connectivity index (χ4v) is 4.09. The molecule has 0 saturated heterocycles. The smallest absolute Gasteiger partial charge is 0.485 e. The Bertz CT molecular complexity index is 1550. The Kier molecular flexibility index (Phi) is 5.31. The number of rotatable bonds is 5. The minimum atomic E-state index is -1.59. The largest absolute Gasteiger partial charge is 0.512 e. The Balaban J connectivity index is 1.60. The number of hydrogen-bond acceptors (Lipinski definition) is 7. The number of hydrogen-bond donors (Lipinski definition) is 2. The van der Waals surface area contributed by atoms with Crippen molar-refractivity contribution in [1.29, 1.82) is 0 Å². The molecule has 0 radical (unpaired) electrons. The van der Waals surface area contributed by atoms with Crippen molar-refractivity contribution in [1.82, 2.24) is 19.4 Å². The monoisotopic (exact) mass is 495 g/mol. The van der Waals surface area contributed by atoms with Gasteiger partial charge in [-0.2, -0.15) is 4.98 Å². The van der Waals surface area contributed by atoms with Gasteiger partial charge in [0.1, 0.15) is 29.8 Å². The summed E-state index contributed by atoms with van der Waals surface area (Å²) in [6, 6.07) is 6.78. The van der Waals surface area contributed by atoms with Crippen LogP contribution < -0.4 is 14.8 Å². The SMILES string of the molecule is Cc1nc2c(OCc3c(F)cccc3F)cccn2c1-c1nc2c(c(OC(=O)O)n1)C(C)(C)C(=O)N2. The first kappa shape index (κ1) is 23.1. The number of anilines is 1. The number of amides is 1. The van der Waals surface area contributed by atoms with Gasteiger partial charge in [0.05, 0.1) is 22.2 Å². The molecule has 0 spiro atoms. The summed E-state index contributed by atoms with van der Waals surface area (Å²) in [5, 5.41) is 11.9. The molecular formula is C24H19F2N5O5. The Hall–Kier alpha value is -4.61. The molecule has 0 saturated carbocycles. The lowest BCUT2D eigenvalue weighted by atomic mass is 9.87. The maximum atomic E-state index is 14.0. The van der Waals surface area contributed by atoms with E-state index in [1.165, 1.54) is 6.07 Å². The Labute approximate surface area is 202 Å². The third kappa shape index (κ3) is 3.67. The molecule has 36 heavy (non-hydrogen) atoms. The predicted molar refractivity (Wildman–Crippen MR) is 122 cm³/mol. The van der Waals surface area contributed by atoms with Gasteiger partial charge in [-0.05, 0) is 45.0 Å². The number of ether oxygens (including phenoxy) is 2. The second-order valence-corrected chi connectivity index (χ2v) is 8.62. The van der Waals surface area contributed by atoms with E-state index in [0.717, 1.165) is 12.1 Å². The zero-order valence-electron chi connectivity index (χ0n) is 19.3. The van der Waals surface area contributed by atoms with Crippen molar-refractivity contribution in [3.8, 4) is 23.1 Å². The molecule has 0 bridgehead atoms. The molecule has 1 aliphatic rings. The molecule has 0 unspecified atom stereocenters. The van der Waals surface area contributed by atoms with E-state index in [2.05, 4.69) is 20.3 Å². The van der Waals surface area contributed by atoms with Gasteiger partial charge in [-0.15, -0.1) is 0 Å². The minimum absolute atomic E-state index is 0.0466. The number of aromatic nitrogens is 4. The average molecular weight is 495 g/mol. The number of fused-ring (bicyclic) bond motifs is 2. The molecule has 4 heterocycles. The molecule has 12 heteroatoms. The van der Waals surface area contributed by atoms with Crippen molar-refractivity contribution in [3.63, 3.8) is 0 Å². The topological polar surface area (TPSA) is 128 Å². The van der Waals surface area contributed by atoms with Gasteiger partial charge < -0.3 is 19.9 Å². The summed E-state index contributed by atoms with van der Waals surface area (Å²) in [6.07, 6.45) is 0.0563. The summed E-state index contributed by atoms with van der Waals surface area (Å²) < 4.78 is 40.3. The van der Waals surface area contributed by atoms with Crippen LogP contribution in [0.1, 0.15) is 30.7 Å². The Morgan fingerprint density at radius 3 is 2.56 bits per heavy atom. The summed E-state index contributed by atoms with van der Waals surface area (Å²) in [6.45, 7) is 4.52. The maximum Gasteiger partial charge on any atom is 0.512 e. The van der Waals surface area contributed by atoms with Gasteiger partial charge in [0, 0.05) is 6.20 Å². The fourth-order valence-electron chi connectivity index (χ4n) is 4.09. The van der Waals surface area contributed by atoms with Crippen LogP contribution in [-0.4, -0.2) is 36.5 Å². The van der Waals surface area contributed by atoms with Crippen LogP contribution in [-0.2, 0) is 16.8 Å². The van der Waals surface area contributed by atoms with Gasteiger partial charge >= 0.3 is 6.16 Å². The molecular weight excluding hydrogens is 476 g/mol. The summed E-state index contributed by atoms with van der Waals surface area (Å²) in [4.78, 5) is 37.1. The lowest BCUT2D eigenvalue weighted by Crippen LogP contribution is -2.27. The van der Waals surface area contributed by atoms with Crippen molar-refractivity contribution in [2.75, 3.05) is 5.32 Å². The number of imidazole rings is 1. The number of nitrogens with zero attached hydrogens (tertiary/aromatic N) is 4. The number of pyridine rings is 1. The van der Waals surface area contributed by atoms with Crippen LogP contribution in [0.15, 0.2) is 36.5 Å². The highest BCUT2D eigenvalue weighted by Gasteiger charge is 2.44. The summed E-state index contributed by atoms with van der Waals surface area (Å²) in [5.41, 5.74) is 0.0316. The van der Waals surface area contributed by atoms with Crippen molar-refractivity contribution >= 4 is 23.5 Å². The molecule has 0 aliphatic carbocycles. The van der Waals surface area contributed by atoms with E-state index in [1.54, 1.807) is 43.5 Å². The molecule has 184 valence electrons. The maximum absolute atomic E-state index is 14.0. The number of benzene rings is 1. The molecule has 1 aliphatic heterocycles. The first-order valence-corrected chi connectivity index (χ1v) is 10.8. The second kappa shape index (κ2) is 8.26. The number of carbonyl (C=O) groups excluding carboxylic acids is 1. The lowest BCUT2D eigenvalue weighted by Gasteiger charge is -2.17. The molecule has 0 atom stereocenters. The molecule has 1 aromatic carbocycles. The molecule has 5 rings (SSSR count). The number of carbonyl (C=O) groups is 2. The van der Waals surface area contributed by atoms with Gasteiger partial charge in [0.2, 0.25) is 11.8 Å². The highest BCUT2D eigenvalue weighted by Crippen LogP contribution is 2.43. The summed E-state index contributed by atoms with van der Waals surface area (Å²) >= 11 is 0. The van der Waals surface area contributed by atoms with Crippen molar-refractivity contribution in [3.05, 3.63) is 65.0 Å². The van der Waals surface area contributed by atoms with Gasteiger partial charge in [-0.3, -0.25) is 9.20 Å². The highest BCUT2D eigenvalue weighted by atomic mass is 19.1. The Morgan fingerprint density at radius 1 is 1.14 bits per heavy atom. The van der Waals surface area contributed by atoms with E-state index in [9.17, 15) is 23.5 Å². The van der Waals surface area contributed by atoms with E-state index in [4.69, 9.17) is 9.47 Å². The first-order valence-electron chi connectivity index (χ1n) is 10.8. The van der Waals surface area contributed by atoms with E-state index >= 15 is 0 Å². The molecule has 2 N–H and O–H groups in total. The number of halogens is 2. The van der Waals surface area contributed by atoms with Crippen molar-refractivity contribution in [2.24, 2.45) is 0 Å². The van der Waals surface area contributed by atoms with Crippen LogP contribution >= 0.6 is 0 Å². The second-order valence-electron chi connectivity index (χ2n) is 8.62. The van der Waals surface area contributed by atoms with Gasteiger partial charge in [0.15, 0.2) is 17.2 Å². The zero-order chi connectivity index (χ0) is 25.8. The average Bonchev–Trinajstić information content (AvgIpc) is 3.25. The van der Waals surface area contributed by atoms with E-state index in [1.807, 2.05) is 0 Å². The van der Waals surface area contributed by atoms with E-state index < -0.39 is 23.2 Å². The molecule has 4 aromatic rings. The van der Waals surface area contributed by atoms with Gasteiger partial charge in [0.25, 0.3) is 0 Å². The van der Waals surface area contributed by atoms with E-state index in [0.29, 0.717) is 17.0 Å². The number of nitrogens with one attached hydrogen (secondary N) is 1. The van der Waals surface area contributed by atoms with Crippen LogP contribution in [0.25, 0.3) is 17.2 Å². The molecule has 1 amide bonds. The third-order valence-electron chi connectivity index (χ3n) is 5.92. The van der Waals surface area contributed by atoms with E-state index in [-0.39, 0.29) is 46.9 Å². The third-order valence-corrected chi connectivity index (χ3v) is 5.92. The molecule has 0 fully saturated rings. The first-order chi connectivity index (χ1) is 17.1. The normalized spacial score (nSPS) is 14.0. The number of carboxylic acid groups (broad SMARTS) is 1. The standard InChI is InChI=1S/C24H19F2N5O5/c1-11-17(19-28-18-16(21(29-19)36-23(33)34)24(2,3)22(32)30-18)31-9-5-8-15(20(31)27-11)35-10-12-13(25)6-4-7-14(12)26/h4-9H,10H2,1-3H3,(H,33,34)(H,28,29,30,32). The molecule has 10 nitrogen and oxygen atoms in total. The lowest BCUT2D eigenvalue weighted by molar-refractivity contribution is -0.119. The number of aryl methyl sites for hydroxylation is 1. The van der Waals surface area contributed by atoms with Crippen LogP contribution in [0, 0.1) is 18.6 Å². The van der Waals surface area contributed by atoms with Crippen molar-refractivity contribution in [2.45, 2.75) is 32.8 Å². The Morgan fingerprint density at radius 2 is 1.86 bits per heavy atom. The van der Waals surface area contributed by atoms with Crippen LogP contribution in [0.5, 0.6) is 11.6 Å². The van der Waals surface area contributed by atoms with Crippen LogP contribution in [0.2, 0.25) is 0 Å². The zero-order valence-corrected chi connectivity index (χ0v) is 19.3. The minimum Gasteiger partial charge on any atom is -0.485 e. The van der Waals surface area contributed by atoms with Crippen LogP contribution in [0.4, 0.5) is 19.4 Å². The van der Waals surface area contributed by atoms with Gasteiger partial charge in [-0.25, -0.2) is 23.5 Å². The summed E-state index contributed by atoms with van der Waals surface area (Å²) in [7, 11) is 0. The van der Waals surface area contributed by atoms with Crippen LogP contribution in [0.3, 0.4) is 0 Å². The van der Waals surface area contributed by atoms with Crippen molar-refractivity contribution < 1.29 is 33.0 Å². The fraction of sp³-hybridized carbons (Fsp3) is 0.208.